The van der Waals surface area contributed by atoms with Crippen LogP contribution in [0.3, 0.4) is 0 Å². The number of benzene rings is 2. The van der Waals surface area contributed by atoms with Gasteiger partial charge in [0.2, 0.25) is 0 Å². The van der Waals surface area contributed by atoms with Crippen molar-refractivity contribution in [1.29, 1.82) is 5.26 Å². The number of carbonyl (C=O) groups excluding carboxylic acids is 2. The lowest BCUT2D eigenvalue weighted by molar-refractivity contribution is -0.297. The number of amides is 2. The van der Waals surface area contributed by atoms with Crippen molar-refractivity contribution in [1.82, 2.24) is 5.32 Å². The fourth-order valence-corrected chi connectivity index (χ4v) is 3.85. The average Bonchev–Trinajstić information content (AvgIpc) is 2.72. The highest BCUT2D eigenvalue weighted by Gasteiger charge is 2.68. The first-order valence-corrected chi connectivity index (χ1v) is 11.0. The first-order chi connectivity index (χ1) is 15.9. The number of nitrogens with one attached hydrogen (secondary N) is 2. The molecule has 12 heteroatoms. The molecule has 0 saturated heterocycles. The molecule has 0 heterocycles. The Bertz CT molecular complexity index is 1190. The van der Waals surface area contributed by atoms with Gasteiger partial charge in [0, 0.05) is 9.26 Å². The number of nitriles is 1. The van der Waals surface area contributed by atoms with Crippen LogP contribution in [-0.2, 0) is 5.41 Å². The molecule has 2 rings (SSSR count). The van der Waals surface area contributed by atoms with Crippen molar-refractivity contribution in [2.75, 3.05) is 5.32 Å². The Morgan fingerprint density at radius 2 is 1.51 bits per heavy atom. The number of anilines is 1. The number of alkyl halides is 6. The Kier molecular flexibility index (Phi) is 7.86. The highest BCUT2D eigenvalue weighted by Crippen LogP contribution is 2.52. The molecule has 2 amide bonds. The minimum Gasteiger partial charge on any atom is -0.334 e. The van der Waals surface area contributed by atoms with E-state index in [-0.39, 0.29) is 29.3 Å². The molecule has 2 N–H and O–H groups in total. The number of rotatable bonds is 5. The van der Waals surface area contributed by atoms with Gasteiger partial charge in [0.25, 0.3) is 11.8 Å². The van der Waals surface area contributed by atoms with Crippen molar-refractivity contribution in [3.63, 3.8) is 0 Å². The lowest BCUT2D eigenvalue weighted by Crippen LogP contribution is -2.51. The van der Waals surface area contributed by atoms with E-state index in [1.54, 1.807) is 6.07 Å². The molecule has 0 saturated carbocycles. The third-order valence-corrected chi connectivity index (χ3v) is 6.28. The maximum absolute atomic E-state index is 13.4. The molecule has 0 unspecified atom stereocenters. The molecule has 0 spiro atoms. The van der Waals surface area contributed by atoms with Crippen LogP contribution in [0.4, 0.5) is 32.0 Å². The summed E-state index contributed by atoms with van der Waals surface area (Å²) < 4.78 is 80.8. The Morgan fingerprint density at radius 1 is 0.943 bits per heavy atom. The van der Waals surface area contributed by atoms with Crippen LogP contribution in [0.5, 0.6) is 0 Å². The third kappa shape index (κ3) is 5.71. The lowest BCUT2D eigenvalue weighted by Gasteiger charge is -2.34. The summed E-state index contributed by atoms with van der Waals surface area (Å²) in [6.07, 6.45) is -11.2. The van der Waals surface area contributed by atoms with Crippen molar-refractivity contribution < 1.29 is 35.9 Å². The van der Waals surface area contributed by atoms with Gasteiger partial charge in [-0.05, 0) is 79.6 Å². The molecular weight excluding hydrogens is 591 g/mol. The normalized spacial score (nSPS) is 12.6. The number of carbonyl (C=O) groups is 2. The van der Waals surface area contributed by atoms with Gasteiger partial charge in [-0.2, -0.15) is 31.6 Å². The fraction of sp³-hybridized carbons (Fsp3) is 0.348. The number of halogens is 7. The smallest absolute Gasteiger partial charge is 0.334 e. The van der Waals surface area contributed by atoms with Crippen LogP contribution in [-0.4, -0.2) is 29.7 Å². The van der Waals surface area contributed by atoms with E-state index in [9.17, 15) is 35.9 Å². The number of nitrogens with zero attached hydrogens (tertiary/aromatic N) is 1. The molecular formula is C23H20F6IN3O2. The highest BCUT2D eigenvalue weighted by molar-refractivity contribution is 14.1. The van der Waals surface area contributed by atoms with E-state index in [0.29, 0.717) is 15.7 Å². The van der Waals surface area contributed by atoms with E-state index in [2.05, 4.69) is 10.6 Å². The van der Waals surface area contributed by atoms with E-state index < -0.39 is 40.7 Å². The lowest BCUT2D eigenvalue weighted by atomic mass is 9.80. The van der Waals surface area contributed by atoms with Crippen molar-refractivity contribution >= 4 is 40.1 Å². The van der Waals surface area contributed by atoms with E-state index in [0.717, 1.165) is 6.07 Å². The molecule has 5 nitrogen and oxygen atoms in total. The van der Waals surface area contributed by atoms with Crippen LogP contribution in [0.1, 0.15) is 52.6 Å². The van der Waals surface area contributed by atoms with Crippen LogP contribution >= 0.6 is 22.6 Å². The number of aryl methyl sites for hydroxylation is 1. The minimum atomic E-state index is -5.61. The second-order valence-electron chi connectivity index (χ2n) is 8.46. The molecule has 0 atom stereocenters. The van der Waals surface area contributed by atoms with E-state index in [1.807, 2.05) is 28.7 Å². The molecule has 188 valence electrons. The minimum absolute atomic E-state index is 0.0342. The standard InChI is InChI=1S/C23H20F6IN3O2/c1-12-10-13(21(4,22(24,25)26)23(27,28)29)8-9-16(12)32-18(34)14-6-5-7-15(30)17(14)19(35)33-20(2,3)11-31/h5-10H,1-4H3,(H,32,34)(H,33,35). The molecule has 2 aromatic carbocycles. The van der Waals surface area contributed by atoms with Crippen molar-refractivity contribution in [2.45, 2.75) is 51.0 Å². The van der Waals surface area contributed by atoms with Crippen molar-refractivity contribution in [3.8, 4) is 6.07 Å². The monoisotopic (exact) mass is 611 g/mol. The summed E-state index contributed by atoms with van der Waals surface area (Å²) >= 11 is 1.83. The fourth-order valence-electron chi connectivity index (χ4n) is 3.11. The molecule has 2 aromatic rings. The summed E-state index contributed by atoms with van der Waals surface area (Å²) in [5.74, 6) is -1.52. The topological polar surface area (TPSA) is 82.0 Å². The first kappa shape index (κ1) is 28.4. The quantitative estimate of drug-likeness (QED) is 0.309. The van der Waals surface area contributed by atoms with Crippen LogP contribution in [0.25, 0.3) is 0 Å². The first-order valence-electron chi connectivity index (χ1n) is 9.94. The molecule has 35 heavy (non-hydrogen) atoms. The summed E-state index contributed by atoms with van der Waals surface area (Å²) in [7, 11) is 0. The van der Waals surface area contributed by atoms with Gasteiger partial charge in [0.05, 0.1) is 17.2 Å². The molecule has 0 aliphatic carbocycles. The second-order valence-corrected chi connectivity index (χ2v) is 9.62. The third-order valence-electron chi connectivity index (χ3n) is 5.38. The predicted octanol–water partition coefficient (Wildman–Crippen LogP) is 6.27. The average molecular weight is 611 g/mol. The summed E-state index contributed by atoms with van der Waals surface area (Å²) in [5, 5.41) is 14.1. The summed E-state index contributed by atoms with van der Waals surface area (Å²) in [6, 6.07) is 8.61. The van der Waals surface area contributed by atoms with Gasteiger partial charge < -0.3 is 10.6 Å². The van der Waals surface area contributed by atoms with Crippen molar-refractivity contribution in [3.05, 3.63) is 62.2 Å². The summed E-state index contributed by atoms with van der Waals surface area (Å²) in [6.45, 7) is 4.23. The molecule has 0 fully saturated rings. The van der Waals surface area contributed by atoms with Crippen molar-refractivity contribution in [2.24, 2.45) is 0 Å². The van der Waals surface area contributed by atoms with Crippen LogP contribution in [0, 0.1) is 21.8 Å². The van der Waals surface area contributed by atoms with Gasteiger partial charge in [0.1, 0.15) is 5.54 Å². The van der Waals surface area contributed by atoms with E-state index >= 15 is 0 Å². The van der Waals surface area contributed by atoms with E-state index in [1.165, 1.54) is 32.9 Å². The van der Waals surface area contributed by atoms with Gasteiger partial charge in [0.15, 0.2) is 5.41 Å². The molecule has 0 aliphatic rings. The Labute approximate surface area is 211 Å². The maximum atomic E-state index is 13.4. The Balaban J connectivity index is 2.45. The van der Waals surface area contributed by atoms with Crippen LogP contribution < -0.4 is 10.6 Å². The zero-order valence-corrected chi connectivity index (χ0v) is 21.0. The van der Waals surface area contributed by atoms with Gasteiger partial charge >= 0.3 is 12.4 Å². The van der Waals surface area contributed by atoms with Gasteiger partial charge in [-0.15, -0.1) is 0 Å². The summed E-state index contributed by atoms with van der Waals surface area (Å²) in [5.41, 5.74) is -6.58. The summed E-state index contributed by atoms with van der Waals surface area (Å²) in [4.78, 5) is 25.7. The highest BCUT2D eigenvalue weighted by atomic mass is 127. The van der Waals surface area contributed by atoms with Gasteiger partial charge in [-0.3, -0.25) is 9.59 Å². The zero-order chi connectivity index (χ0) is 27.0. The SMILES string of the molecule is Cc1cc(C(C)(C(F)(F)F)C(F)(F)F)ccc1NC(=O)c1cccc(I)c1C(=O)NC(C)(C)C#N. The predicted molar refractivity (Wildman–Crippen MR) is 125 cm³/mol. The second kappa shape index (κ2) is 9.67. The van der Waals surface area contributed by atoms with Gasteiger partial charge in [-0.25, -0.2) is 0 Å². The van der Waals surface area contributed by atoms with Crippen LogP contribution in [0.2, 0.25) is 0 Å². The zero-order valence-electron chi connectivity index (χ0n) is 18.9. The van der Waals surface area contributed by atoms with Gasteiger partial charge in [-0.1, -0.05) is 18.2 Å². The Hall–Kier alpha value is -2.82. The van der Waals surface area contributed by atoms with E-state index in [4.69, 9.17) is 5.26 Å². The molecule has 0 aromatic heterocycles. The maximum Gasteiger partial charge on any atom is 0.406 e. The molecule has 0 aliphatic heterocycles. The number of hydrogen-bond donors (Lipinski definition) is 2. The van der Waals surface area contributed by atoms with Crippen LogP contribution in [0.15, 0.2) is 36.4 Å². The largest absolute Gasteiger partial charge is 0.406 e. The molecule has 0 bridgehead atoms. The molecule has 0 radical (unpaired) electrons. The number of hydrogen-bond acceptors (Lipinski definition) is 3. The Morgan fingerprint density at radius 3 is 2.00 bits per heavy atom.